The number of carbonyl (C=O) groups is 1. The maximum Gasteiger partial charge on any atom is 0.451 e. The maximum atomic E-state index is 12.5. The van der Waals surface area contributed by atoms with Crippen LogP contribution >= 0.6 is 0 Å². The number of hydrogen-bond donors (Lipinski definition) is 1. The van der Waals surface area contributed by atoms with Crippen LogP contribution in [-0.2, 0) is 19.1 Å². The summed E-state index contributed by atoms with van der Waals surface area (Å²) in [4.78, 5) is 21.4. The zero-order chi connectivity index (χ0) is 16.9. The smallest absolute Gasteiger partial charge is 0.445 e. The van der Waals surface area contributed by atoms with Gasteiger partial charge in [0.15, 0.2) is 5.89 Å². The fourth-order valence-electron chi connectivity index (χ4n) is 2.85. The summed E-state index contributed by atoms with van der Waals surface area (Å²) in [6.45, 7) is 0.529. The molecule has 2 aromatic rings. The minimum atomic E-state index is -4.66. The second kappa shape index (κ2) is 5.32. The number of rotatable bonds is 2. The molecule has 1 fully saturated rings. The van der Waals surface area contributed by atoms with E-state index in [9.17, 15) is 18.0 Å². The van der Waals surface area contributed by atoms with Gasteiger partial charge in [-0.1, -0.05) is 6.42 Å². The Hall–Kier alpha value is -2.39. The van der Waals surface area contributed by atoms with Crippen molar-refractivity contribution in [3.05, 3.63) is 29.0 Å². The minimum absolute atomic E-state index is 0.195. The number of halogens is 3. The first-order valence-corrected chi connectivity index (χ1v) is 7.69. The number of aromatic nitrogens is 4. The molecular formula is C14H14F3N5O2. The Kier molecular flexibility index (Phi) is 3.36. The van der Waals surface area contributed by atoms with E-state index in [1.807, 2.05) is 0 Å². The number of oxazole rings is 1. The summed E-state index contributed by atoms with van der Waals surface area (Å²) in [6.07, 6.45) is -0.907. The summed E-state index contributed by atoms with van der Waals surface area (Å²) in [5, 5.41) is 5.13. The van der Waals surface area contributed by atoms with E-state index in [2.05, 4.69) is 15.1 Å². The van der Waals surface area contributed by atoms with Gasteiger partial charge in [-0.15, -0.1) is 5.10 Å². The van der Waals surface area contributed by atoms with E-state index in [0.717, 1.165) is 25.0 Å². The third-order valence-corrected chi connectivity index (χ3v) is 4.43. The van der Waals surface area contributed by atoms with E-state index in [1.54, 1.807) is 5.10 Å². The van der Waals surface area contributed by atoms with Crippen LogP contribution in [0.15, 0.2) is 4.42 Å². The fraction of sp³-hybridized carbons (Fsp3) is 0.571. The number of alkyl halides is 3. The molecule has 0 aromatic carbocycles. The van der Waals surface area contributed by atoms with Crippen LogP contribution < -0.4 is 0 Å². The van der Waals surface area contributed by atoms with E-state index < -0.39 is 23.7 Å². The topological polar surface area (TPSA) is 87.9 Å². The second-order valence-corrected chi connectivity index (χ2v) is 6.03. The van der Waals surface area contributed by atoms with E-state index >= 15 is 0 Å². The molecule has 24 heavy (non-hydrogen) atoms. The Morgan fingerprint density at radius 2 is 2.08 bits per heavy atom. The molecule has 0 bridgehead atoms. The lowest BCUT2D eigenvalue weighted by Crippen LogP contribution is -2.36. The van der Waals surface area contributed by atoms with Crippen LogP contribution in [0.4, 0.5) is 13.2 Å². The molecule has 1 amide bonds. The molecule has 1 saturated carbocycles. The van der Waals surface area contributed by atoms with Gasteiger partial charge in [0.1, 0.15) is 11.5 Å². The van der Waals surface area contributed by atoms with Crippen molar-refractivity contribution < 1.29 is 22.4 Å². The molecule has 3 heterocycles. The SMILES string of the molecule is O=C(c1n[nH]c(C(F)(F)F)n1)N1CCc2oc(C3CCC3)nc2C1. The van der Waals surface area contributed by atoms with Crippen molar-refractivity contribution >= 4 is 5.91 Å². The standard InChI is InChI=1S/C14H14F3N5O2/c15-14(16,17)13-19-10(20-21-13)12(23)22-5-4-9-8(6-22)18-11(24-9)7-2-1-3-7/h7H,1-6H2,(H,19,20,21). The highest BCUT2D eigenvalue weighted by Gasteiger charge is 2.37. The zero-order valence-electron chi connectivity index (χ0n) is 12.6. The molecule has 7 nitrogen and oxygen atoms in total. The minimum Gasteiger partial charge on any atom is -0.445 e. The van der Waals surface area contributed by atoms with Gasteiger partial charge in [0, 0.05) is 18.9 Å². The van der Waals surface area contributed by atoms with Gasteiger partial charge in [0.25, 0.3) is 5.91 Å². The predicted octanol–water partition coefficient (Wildman–Crippen LogP) is 2.28. The first-order chi connectivity index (χ1) is 11.4. The van der Waals surface area contributed by atoms with Gasteiger partial charge in [-0.2, -0.15) is 18.2 Å². The number of fused-ring (bicyclic) bond motifs is 1. The fourth-order valence-corrected chi connectivity index (χ4v) is 2.85. The van der Waals surface area contributed by atoms with Crippen molar-refractivity contribution in [3.8, 4) is 0 Å². The summed E-state index contributed by atoms with van der Waals surface area (Å²) < 4.78 is 43.4. The monoisotopic (exact) mass is 341 g/mol. The molecular weight excluding hydrogens is 327 g/mol. The molecule has 0 spiro atoms. The average molecular weight is 341 g/mol. The Morgan fingerprint density at radius 1 is 1.29 bits per heavy atom. The third kappa shape index (κ3) is 2.55. The zero-order valence-corrected chi connectivity index (χ0v) is 12.6. The lowest BCUT2D eigenvalue weighted by Gasteiger charge is -2.23. The van der Waals surface area contributed by atoms with Crippen molar-refractivity contribution in [3.63, 3.8) is 0 Å². The number of nitrogens with zero attached hydrogens (tertiary/aromatic N) is 4. The Balaban J connectivity index is 1.50. The van der Waals surface area contributed by atoms with Gasteiger partial charge >= 0.3 is 6.18 Å². The average Bonchev–Trinajstić information content (AvgIpc) is 3.10. The van der Waals surface area contributed by atoms with Crippen LogP contribution in [0.3, 0.4) is 0 Å². The van der Waals surface area contributed by atoms with Crippen LogP contribution in [0.2, 0.25) is 0 Å². The summed E-state index contributed by atoms with van der Waals surface area (Å²) in [5.41, 5.74) is 0.670. The van der Waals surface area contributed by atoms with Crippen LogP contribution in [-0.4, -0.2) is 37.5 Å². The molecule has 2 aromatic heterocycles. The van der Waals surface area contributed by atoms with Gasteiger partial charge in [-0.3, -0.25) is 9.89 Å². The van der Waals surface area contributed by atoms with Gasteiger partial charge < -0.3 is 9.32 Å². The van der Waals surface area contributed by atoms with Gasteiger partial charge in [0.05, 0.1) is 6.54 Å². The van der Waals surface area contributed by atoms with Crippen LogP contribution in [0, 0.1) is 0 Å². The predicted molar refractivity (Wildman–Crippen MR) is 72.9 cm³/mol. The largest absolute Gasteiger partial charge is 0.451 e. The number of carbonyl (C=O) groups excluding carboxylic acids is 1. The van der Waals surface area contributed by atoms with Gasteiger partial charge in [-0.25, -0.2) is 4.98 Å². The Morgan fingerprint density at radius 3 is 2.71 bits per heavy atom. The van der Waals surface area contributed by atoms with Crippen LogP contribution in [0.25, 0.3) is 0 Å². The van der Waals surface area contributed by atoms with E-state index in [4.69, 9.17) is 4.42 Å². The van der Waals surface area contributed by atoms with Gasteiger partial charge in [-0.05, 0) is 12.8 Å². The molecule has 0 radical (unpaired) electrons. The van der Waals surface area contributed by atoms with Crippen molar-refractivity contribution in [2.45, 2.75) is 44.3 Å². The quantitative estimate of drug-likeness (QED) is 0.905. The number of hydrogen-bond acceptors (Lipinski definition) is 5. The van der Waals surface area contributed by atoms with E-state index in [-0.39, 0.29) is 6.54 Å². The molecule has 1 aliphatic carbocycles. The third-order valence-electron chi connectivity index (χ3n) is 4.43. The first-order valence-electron chi connectivity index (χ1n) is 7.69. The number of aromatic amines is 1. The molecule has 0 unspecified atom stereocenters. The highest BCUT2D eigenvalue weighted by Crippen LogP contribution is 2.37. The van der Waals surface area contributed by atoms with Gasteiger partial charge in [0.2, 0.25) is 11.6 Å². The Labute approximate surface area is 134 Å². The summed E-state index contributed by atoms with van der Waals surface area (Å²) in [7, 11) is 0. The molecule has 10 heteroatoms. The summed E-state index contributed by atoms with van der Waals surface area (Å²) >= 11 is 0. The molecule has 128 valence electrons. The number of H-pyrrole nitrogens is 1. The van der Waals surface area contributed by atoms with Crippen LogP contribution in [0.1, 0.15) is 59.0 Å². The van der Waals surface area contributed by atoms with Crippen molar-refractivity contribution in [1.82, 2.24) is 25.1 Å². The number of nitrogens with one attached hydrogen (secondary N) is 1. The van der Waals surface area contributed by atoms with Crippen molar-refractivity contribution in [2.75, 3.05) is 6.54 Å². The molecule has 0 atom stereocenters. The van der Waals surface area contributed by atoms with E-state index in [1.165, 1.54) is 4.90 Å². The van der Waals surface area contributed by atoms with Crippen molar-refractivity contribution in [1.29, 1.82) is 0 Å². The highest BCUT2D eigenvalue weighted by atomic mass is 19.4. The molecule has 1 N–H and O–H groups in total. The summed E-state index contributed by atoms with van der Waals surface area (Å²) in [5.74, 6) is -0.613. The summed E-state index contributed by atoms with van der Waals surface area (Å²) in [6, 6.07) is 0. The lowest BCUT2D eigenvalue weighted by atomic mass is 9.85. The maximum absolute atomic E-state index is 12.5. The highest BCUT2D eigenvalue weighted by molar-refractivity contribution is 5.90. The normalized spacial score (nSPS) is 18.4. The molecule has 2 aliphatic rings. The van der Waals surface area contributed by atoms with E-state index in [0.29, 0.717) is 30.5 Å². The second-order valence-electron chi connectivity index (χ2n) is 6.03. The first kappa shape index (κ1) is 15.2. The van der Waals surface area contributed by atoms with Crippen LogP contribution in [0.5, 0.6) is 0 Å². The van der Waals surface area contributed by atoms with Crippen molar-refractivity contribution in [2.24, 2.45) is 0 Å². The Bertz CT molecular complexity index is 778. The molecule has 0 saturated heterocycles. The number of amides is 1. The molecule has 1 aliphatic heterocycles. The molecule has 4 rings (SSSR count). The lowest BCUT2D eigenvalue weighted by molar-refractivity contribution is -0.144.